The number of hydrogen-bond donors (Lipinski definition) is 2. The number of carbonyl (C=O) groups is 1. The highest BCUT2D eigenvalue weighted by molar-refractivity contribution is 5.92. The molecule has 14 heavy (non-hydrogen) atoms. The number of carbonyl (C=O) groups excluding carboxylic acids is 1. The molecule has 4 nitrogen and oxygen atoms in total. The number of rotatable bonds is 5. The molecule has 0 aliphatic heterocycles. The van der Waals surface area contributed by atoms with Crippen LogP contribution in [0.4, 0.5) is 0 Å². The number of amides is 1. The zero-order valence-corrected chi connectivity index (χ0v) is 8.71. The summed E-state index contributed by atoms with van der Waals surface area (Å²) >= 11 is 0. The molecule has 0 saturated carbocycles. The van der Waals surface area contributed by atoms with Crippen LogP contribution in [0.3, 0.4) is 0 Å². The molecule has 0 fully saturated rings. The second-order valence-electron chi connectivity index (χ2n) is 3.27. The third-order valence-electron chi connectivity index (χ3n) is 2.10. The molecule has 1 aromatic rings. The number of aromatic nitrogens is 1. The van der Waals surface area contributed by atoms with Crippen molar-refractivity contribution in [2.24, 2.45) is 0 Å². The summed E-state index contributed by atoms with van der Waals surface area (Å²) in [4.78, 5) is 16.3. The van der Waals surface area contributed by atoms with Crippen molar-refractivity contribution in [3.05, 3.63) is 24.0 Å². The van der Waals surface area contributed by atoms with E-state index >= 15 is 0 Å². The number of H-pyrrole nitrogens is 1. The van der Waals surface area contributed by atoms with Gasteiger partial charge in [-0.15, -0.1) is 0 Å². The summed E-state index contributed by atoms with van der Waals surface area (Å²) in [5.74, 6) is 0.0473. The number of nitrogens with zero attached hydrogens (tertiary/aromatic N) is 1. The third kappa shape index (κ3) is 2.88. The minimum absolute atomic E-state index is 0.0473. The number of nitrogens with one attached hydrogen (secondary N) is 2. The van der Waals surface area contributed by atoms with Crippen LogP contribution in [0.25, 0.3) is 0 Å². The van der Waals surface area contributed by atoms with Crippen LogP contribution in [0.5, 0.6) is 0 Å². The molecule has 0 aliphatic carbocycles. The lowest BCUT2D eigenvalue weighted by Crippen LogP contribution is -2.29. The molecular formula is C10H17N3O. The van der Waals surface area contributed by atoms with Crippen LogP contribution in [-0.2, 0) is 0 Å². The van der Waals surface area contributed by atoms with Crippen molar-refractivity contribution >= 4 is 5.91 Å². The minimum Gasteiger partial charge on any atom is -0.357 e. The van der Waals surface area contributed by atoms with Crippen molar-refractivity contribution in [2.45, 2.75) is 6.42 Å². The standard InChI is InChI=1S/C10H17N3O/c1-11-6-4-8-13(2)10(14)9-5-3-7-12-9/h3,5,7,11-12H,4,6,8H2,1-2H3. The Balaban J connectivity index is 2.37. The first-order chi connectivity index (χ1) is 6.75. The maximum absolute atomic E-state index is 11.7. The Kier molecular flexibility index (Phi) is 4.19. The van der Waals surface area contributed by atoms with Crippen molar-refractivity contribution in [2.75, 3.05) is 27.2 Å². The smallest absolute Gasteiger partial charge is 0.270 e. The highest BCUT2D eigenvalue weighted by atomic mass is 16.2. The Morgan fingerprint density at radius 1 is 1.64 bits per heavy atom. The van der Waals surface area contributed by atoms with Crippen LogP contribution in [0.1, 0.15) is 16.9 Å². The molecule has 1 aromatic heterocycles. The second-order valence-corrected chi connectivity index (χ2v) is 3.27. The molecule has 0 aromatic carbocycles. The van der Waals surface area contributed by atoms with Gasteiger partial charge in [0.05, 0.1) is 0 Å². The molecule has 1 rings (SSSR count). The topological polar surface area (TPSA) is 48.1 Å². The van der Waals surface area contributed by atoms with Gasteiger partial charge < -0.3 is 15.2 Å². The van der Waals surface area contributed by atoms with Crippen LogP contribution in [0, 0.1) is 0 Å². The molecule has 0 spiro atoms. The zero-order valence-electron chi connectivity index (χ0n) is 8.71. The van der Waals surface area contributed by atoms with E-state index in [1.165, 1.54) is 0 Å². The molecule has 0 saturated heterocycles. The summed E-state index contributed by atoms with van der Waals surface area (Å²) in [6.07, 6.45) is 2.73. The van der Waals surface area contributed by atoms with Gasteiger partial charge in [-0.25, -0.2) is 0 Å². The van der Waals surface area contributed by atoms with Crippen molar-refractivity contribution < 1.29 is 4.79 Å². The molecule has 0 aliphatic rings. The van der Waals surface area contributed by atoms with Crippen molar-refractivity contribution in [1.82, 2.24) is 15.2 Å². The van der Waals surface area contributed by atoms with Gasteiger partial charge in [0.2, 0.25) is 0 Å². The number of hydrogen-bond acceptors (Lipinski definition) is 2. The van der Waals surface area contributed by atoms with Crippen molar-refractivity contribution in [1.29, 1.82) is 0 Å². The predicted molar refractivity (Wildman–Crippen MR) is 56.3 cm³/mol. The average Bonchev–Trinajstić information content (AvgIpc) is 2.69. The lowest BCUT2D eigenvalue weighted by molar-refractivity contribution is 0.0788. The average molecular weight is 195 g/mol. The van der Waals surface area contributed by atoms with Crippen molar-refractivity contribution in [3.63, 3.8) is 0 Å². The Labute approximate surface area is 84.3 Å². The quantitative estimate of drug-likeness (QED) is 0.679. The van der Waals surface area contributed by atoms with Gasteiger partial charge in [0.15, 0.2) is 0 Å². The molecule has 1 amide bonds. The summed E-state index contributed by atoms with van der Waals surface area (Å²) in [7, 11) is 3.73. The van der Waals surface area contributed by atoms with E-state index in [-0.39, 0.29) is 5.91 Å². The van der Waals surface area contributed by atoms with Gasteiger partial charge in [0.1, 0.15) is 5.69 Å². The maximum Gasteiger partial charge on any atom is 0.270 e. The fraction of sp³-hybridized carbons (Fsp3) is 0.500. The molecule has 78 valence electrons. The van der Waals surface area contributed by atoms with Gasteiger partial charge in [-0.3, -0.25) is 4.79 Å². The van der Waals surface area contributed by atoms with Crippen LogP contribution in [0.2, 0.25) is 0 Å². The zero-order chi connectivity index (χ0) is 10.4. The third-order valence-corrected chi connectivity index (χ3v) is 2.10. The molecule has 0 unspecified atom stereocenters. The van der Waals surface area contributed by atoms with Crippen LogP contribution >= 0.6 is 0 Å². The molecule has 0 atom stereocenters. The van der Waals surface area contributed by atoms with Gasteiger partial charge in [0, 0.05) is 19.8 Å². The van der Waals surface area contributed by atoms with Gasteiger partial charge in [-0.05, 0) is 32.1 Å². The Morgan fingerprint density at radius 2 is 2.43 bits per heavy atom. The fourth-order valence-electron chi connectivity index (χ4n) is 1.26. The summed E-state index contributed by atoms with van der Waals surface area (Å²) in [6, 6.07) is 3.62. The van der Waals surface area contributed by atoms with Crippen molar-refractivity contribution in [3.8, 4) is 0 Å². The molecule has 1 heterocycles. The summed E-state index contributed by atoms with van der Waals surface area (Å²) in [5.41, 5.74) is 0.650. The second kappa shape index (κ2) is 5.44. The van der Waals surface area contributed by atoms with Gasteiger partial charge >= 0.3 is 0 Å². The van der Waals surface area contributed by atoms with Crippen LogP contribution < -0.4 is 5.32 Å². The lowest BCUT2D eigenvalue weighted by Gasteiger charge is -2.15. The summed E-state index contributed by atoms with van der Waals surface area (Å²) < 4.78 is 0. The first-order valence-corrected chi connectivity index (χ1v) is 4.79. The van der Waals surface area contributed by atoms with Gasteiger partial charge in [0.25, 0.3) is 5.91 Å². The predicted octanol–water partition coefficient (Wildman–Crippen LogP) is 0.696. The SMILES string of the molecule is CNCCCN(C)C(=O)c1ccc[nH]1. The molecule has 0 radical (unpaired) electrons. The number of aromatic amines is 1. The van der Waals surface area contributed by atoms with Crippen LogP contribution in [0.15, 0.2) is 18.3 Å². The van der Waals surface area contributed by atoms with E-state index in [4.69, 9.17) is 0 Å². The van der Waals surface area contributed by atoms with E-state index in [0.29, 0.717) is 5.69 Å². The first-order valence-electron chi connectivity index (χ1n) is 4.79. The Bertz CT molecular complexity index is 269. The van der Waals surface area contributed by atoms with E-state index in [2.05, 4.69) is 10.3 Å². The van der Waals surface area contributed by atoms with Gasteiger partial charge in [-0.1, -0.05) is 0 Å². The summed E-state index contributed by atoms with van der Waals surface area (Å²) in [5, 5.41) is 3.05. The van der Waals surface area contributed by atoms with E-state index in [9.17, 15) is 4.79 Å². The molecule has 0 bridgehead atoms. The Hall–Kier alpha value is -1.29. The lowest BCUT2D eigenvalue weighted by atomic mass is 10.3. The largest absolute Gasteiger partial charge is 0.357 e. The monoisotopic (exact) mass is 195 g/mol. The molecule has 2 N–H and O–H groups in total. The van der Waals surface area contributed by atoms with E-state index < -0.39 is 0 Å². The van der Waals surface area contributed by atoms with Crippen LogP contribution in [-0.4, -0.2) is 43.0 Å². The molecular weight excluding hydrogens is 178 g/mol. The normalized spacial score (nSPS) is 10.1. The maximum atomic E-state index is 11.7. The minimum atomic E-state index is 0.0473. The van der Waals surface area contributed by atoms with E-state index in [1.807, 2.05) is 20.2 Å². The van der Waals surface area contributed by atoms with Gasteiger partial charge in [-0.2, -0.15) is 0 Å². The van der Waals surface area contributed by atoms with E-state index in [1.54, 1.807) is 17.2 Å². The highest BCUT2D eigenvalue weighted by Gasteiger charge is 2.10. The highest BCUT2D eigenvalue weighted by Crippen LogP contribution is 2.00. The summed E-state index contributed by atoms with van der Waals surface area (Å²) in [6.45, 7) is 1.71. The Morgan fingerprint density at radius 3 is 3.00 bits per heavy atom. The molecule has 4 heteroatoms. The fourth-order valence-corrected chi connectivity index (χ4v) is 1.26. The first kappa shape index (κ1) is 10.8. The van der Waals surface area contributed by atoms with E-state index in [0.717, 1.165) is 19.5 Å².